The summed E-state index contributed by atoms with van der Waals surface area (Å²) in [5.41, 5.74) is 3.93. The molecule has 0 saturated carbocycles. The van der Waals surface area contributed by atoms with Gasteiger partial charge in [0.05, 0.1) is 6.61 Å². The average molecular weight is 538 g/mol. The van der Waals surface area contributed by atoms with Crippen molar-refractivity contribution in [1.29, 1.82) is 0 Å². The highest BCUT2D eigenvalue weighted by molar-refractivity contribution is 14.0. The van der Waals surface area contributed by atoms with Crippen LogP contribution in [0.3, 0.4) is 0 Å². The van der Waals surface area contributed by atoms with Crippen LogP contribution in [0.2, 0.25) is 0 Å². The first kappa shape index (κ1) is 25.4. The molecule has 2 N–H and O–H groups in total. The Hall–Kier alpha value is -1.84. The molecule has 2 aromatic carbocycles. The number of benzene rings is 2. The molecule has 31 heavy (non-hydrogen) atoms. The van der Waals surface area contributed by atoms with Crippen molar-refractivity contribution in [2.45, 2.75) is 25.8 Å². The quantitative estimate of drug-likeness (QED) is 0.206. The molecule has 0 amide bonds. The standard InChI is InChI=1S/C24H34N4O2.HI/c1-25-24(27-22-10-5-11-23(18-22)30-17-7-16-29-2)26-13-6-14-28-15-12-20-8-3-4-9-21(20)19-28;/h3-5,8-11,18H,6-7,12-17,19H2,1-2H3,(H2,25,26,27);1H. The molecule has 0 fully saturated rings. The molecule has 0 unspecified atom stereocenters. The van der Waals surface area contributed by atoms with E-state index in [0.717, 1.165) is 62.8 Å². The van der Waals surface area contributed by atoms with E-state index in [1.54, 1.807) is 14.2 Å². The number of hydrogen-bond acceptors (Lipinski definition) is 4. The van der Waals surface area contributed by atoms with Crippen molar-refractivity contribution >= 4 is 35.6 Å². The number of halogens is 1. The summed E-state index contributed by atoms with van der Waals surface area (Å²) in [4.78, 5) is 6.87. The number of fused-ring (bicyclic) bond motifs is 1. The summed E-state index contributed by atoms with van der Waals surface area (Å²) in [6.45, 7) is 5.51. The first-order valence-electron chi connectivity index (χ1n) is 10.8. The van der Waals surface area contributed by atoms with Crippen LogP contribution in [-0.4, -0.2) is 57.9 Å². The molecule has 0 aliphatic carbocycles. The molecule has 1 aliphatic heterocycles. The summed E-state index contributed by atoms with van der Waals surface area (Å²) in [6, 6.07) is 16.7. The third-order valence-corrected chi connectivity index (χ3v) is 5.24. The molecule has 0 spiro atoms. The average Bonchev–Trinajstić information content (AvgIpc) is 2.79. The number of nitrogens with zero attached hydrogens (tertiary/aromatic N) is 2. The van der Waals surface area contributed by atoms with E-state index >= 15 is 0 Å². The zero-order valence-electron chi connectivity index (χ0n) is 18.6. The summed E-state index contributed by atoms with van der Waals surface area (Å²) in [7, 11) is 3.50. The van der Waals surface area contributed by atoms with Crippen LogP contribution in [0.15, 0.2) is 53.5 Å². The van der Waals surface area contributed by atoms with Gasteiger partial charge in [-0.15, -0.1) is 24.0 Å². The fourth-order valence-electron chi connectivity index (χ4n) is 3.63. The molecule has 1 aliphatic rings. The molecule has 1 heterocycles. The van der Waals surface area contributed by atoms with Gasteiger partial charge in [0, 0.05) is 65.1 Å². The third kappa shape index (κ3) is 8.66. The highest BCUT2D eigenvalue weighted by Gasteiger charge is 2.14. The summed E-state index contributed by atoms with van der Waals surface area (Å²) in [5.74, 6) is 1.62. The van der Waals surface area contributed by atoms with Gasteiger partial charge in [0.25, 0.3) is 0 Å². The van der Waals surface area contributed by atoms with Crippen molar-refractivity contribution < 1.29 is 9.47 Å². The predicted octanol–water partition coefficient (Wildman–Crippen LogP) is 4.16. The van der Waals surface area contributed by atoms with Gasteiger partial charge in [-0.25, -0.2) is 0 Å². The van der Waals surface area contributed by atoms with E-state index in [9.17, 15) is 0 Å². The molecule has 0 atom stereocenters. The minimum Gasteiger partial charge on any atom is -0.493 e. The Balaban J connectivity index is 0.00000341. The maximum atomic E-state index is 5.77. The molecule has 0 aromatic heterocycles. The van der Waals surface area contributed by atoms with E-state index in [1.165, 1.54) is 11.1 Å². The Kier molecular flexibility index (Phi) is 11.7. The lowest BCUT2D eigenvalue weighted by atomic mass is 10.00. The number of anilines is 1. The van der Waals surface area contributed by atoms with Crippen LogP contribution in [-0.2, 0) is 17.7 Å². The van der Waals surface area contributed by atoms with Crippen molar-refractivity contribution in [2.75, 3.05) is 52.3 Å². The van der Waals surface area contributed by atoms with E-state index < -0.39 is 0 Å². The van der Waals surface area contributed by atoms with Gasteiger partial charge in [0.15, 0.2) is 5.96 Å². The normalized spacial score (nSPS) is 13.8. The van der Waals surface area contributed by atoms with E-state index in [4.69, 9.17) is 9.47 Å². The summed E-state index contributed by atoms with van der Waals surface area (Å²) in [5, 5.41) is 6.75. The largest absolute Gasteiger partial charge is 0.493 e. The lowest BCUT2D eigenvalue weighted by Gasteiger charge is -2.28. The molecular formula is C24H35IN4O2. The van der Waals surface area contributed by atoms with Crippen molar-refractivity contribution in [3.8, 4) is 5.75 Å². The monoisotopic (exact) mass is 538 g/mol. The van der Waals surface area contributed by atoms with Crippen LogP contribution in [0, 0.1) is 0 Å². The maximum absolute atomic E-state index is 5.77. The van der Waals surface area contributed by atoms with Crippen molar-refractivity contribution in [3.63, 3.8) is 0 Å². The van der Waals surface area contributed by atoms with E-state index in [0.29, 0.717) is 13.2 Å². The Bertz CT molecular complexity index is 816. The summed E-state index contributed by atoms with van der Waals surface area (Å²) >= 11 is 0. The number of methoxy groups -OCH3 is 1. The lowest BCUT2D eigenvalue weighted by Crippen LogP contribution is -2.35. The second-order valence-electron chi connectivity index (χ2n) is 7.50. The van der Waals surface area contributed by atoms with Gasteiger partial charge in [-0.05, 0) is 36.1 Å². The van der Waals surface area contributed by atoms with Gasteiger partial charge in [0.1, 0.15) is 5.75 Å². The van der Waals surface area contributed by atoms with Crippen LogP contribution in [0.25, 0.3) is 0 Å². The second kappa shape index (κ2) is 14.3. The Labute approximate surface area is 203 Å². The minimum absolute atomic E-state index is 0. The molecule has 7 heteroatoms. The van der Waals surface area contributed by atoms with Crippen LogP contribution in [0.4, 0.5) is 5.69 Å². The third-order valence-electron chi connectivity index (χ3n) is 5.24. The van der Waals surface area contributed by atoms with E-state index in [2.05, 4.69) is 44.8 Å². The lowest BCUT2D eigenvalue weighted by molar-refractivity contribution is 0.172. The number of guanidine groups is 1. The molecule has 3 rings (SSSR count). The smallest absolute Gasteiger partial charge is 0.195 e. The topological polar surface area (TPSA) is 58.1 Å². The van der Waals surface area contributed by atoms with Crippen LogP contribution in [0.5, 0.6) is 5.75 Å². The fraction of sp³-hybridized carbons (Fsp3) is 0.458. The van der Waals surface area contributed by atoms with Crippen LogP contribution >= 0.6 is 24.0 Å². The van der Waals surface area contributed by atoms with Gasteiger partial charge in [0.2, 0.25) is 0 Å². The van der Waals surface area contributed by atoms with Crippen molar-refractivity contribution in [1.82, 2.24) is 10.2 Å². The van der Waals surface area contributed by atoms with Crippen LogP contribution in [0.1, 0.15) is 24.0 Å². The Morgan fingerprint density at radius 1 is 1.06 bits per heavy atom. The molecular weight excluding hydrogens is 503 g/mol. The Morgan fingerprint density at radius 3 is 2.71 bits per heavy atom. The minimum atomic E-state index is 0. The van der Waals surface area contributed by atoms with E-state index in [-0.39, 0.29) is 24.0 Å². The van der Waals surface area contributed by atoms with E-state index in [1.807, 2.05) is 24.3 Å². The summed E-state index contributed by atoms with van der Waals surface area (Å²) < 4.78 is 10.8. The SMILES string of the molecule is CN=C(NCCCN1CCc2ccccc2C1)Nc1cccc(OCCCOC)c1.I. The van der Waals surface area contributed by atoms with Crippen LogP contribution < -0.4 is 15.4 Å². The first-order valence-corrected chi connectivity index (χ1v) is 10.8. The number of ether oxygens (including phenoxy) is 2. The zero-order valence-corrected chi connectivity index (χ0v) is 20.9. The number of rotatable bonds is 10. The fourth-order valence-corrected chi connectivity index (χ4v) is 3.63. The molecule has 0 bridgehead atoms. The molecule has 6 nitrogen and oxygen atoms in total. The number of hydrogen-bond donors (Lipinski definition) is 2. The zero-order chi connectivity index (χ0) is 21.0. The second-order valence-corrected chi connectivity index (χ2v) is 7.50. The van der Waals surface area contributed by atoms with Gasteiger partial charge >= 0.3 is 0 Å². The van der Waals surface area contributed by atoms with Gasteiger partial charge < -0.3 is 20.1 Å². The van der Waals surface area contributed by atoms with Gasteiger partial charge in [-0.2, -0.15) is 0 Å². The predicted molar refractivity (Wildman–Crippen MR) is 139 cm³/mol. The molecule has 170 valence electrons. The molecule has 0 saturated heterocycles. The van der Waals surface area contributed by atoms with Gasteiger partial charge in [-0.1, -0.05) is 30.3 Å². The molecule has 2 aromatic rings. The number of nitrogens with one attached hydrogen (secondary N) is 2. The van der Waals surface area contributed by atoms with Crippen molar-refractivity contribution in [3.05, 3.63) is 59.7 Å². The maximum Gasteiger partial charge on any atom is 0.195 e. The van der Waals surface area contributed by atoms with Crippen molar-refractivity contribution in [2.24, 2.45) is 4.99 Å². The first-order chi connectivity index (χ1) is 14.8. The molecule has 0 radical (unpaired) electrons. The van der Waals surface area contributed by atoms with Gasteiger partial charge in [-0.3, -0.25) is 9.89 Å². The Morgan fingerprint density at radius 2 is 1.90 bits per heavy atom. The summed E-state index contributed by atoms with van der Waals surface area (Å²) in [6.07, 6.45) is 3.10. The highest BCUT2D eigenvalue weighted by atomic mass is 127. The highest BCUT2D eigenvalue weighted by Crippen LogP contribution is 2.19. The number of aliphatic imine (C=N–C) groups is 1.